The van der Waals surface area contributed by atoms with Crippen LogP contribution in [0, 0.1) is 3.70 Å². The van der Waals surface area contributed by atoms with Crippen molar-refractivity contribution in [3.8, 4) is 0 Å². The molecule has 0 fully saturated rings. The Hall–Kier alpha value is -0.413. The largest absolute Gasteiger partial charge is 0.462 e. The highest BCUT2D eigenvalue weighted by molar-refractivity contribution is 14.1. The van der Waals surface area contributed by atoms with Crippen molar-refractivity contribution in [2.45, 2.75) is 45.8 Å². The van der Waals surface area contributed by atoms with Crippen LogP contribution in [0.2, 0.25) is 25.2 Å². The first-order valence-corrected chi connectivity index (χ1v) is 11.4. The molecule has 1 aromatic heterocycles. The third-order valence-corrected chi connectivity index (χ3v) is 7.58. The van der Waals surface area contributed by atoms with Crippen molar-refractivity contribution in [3.63, 3.8) is 0 Å². The highest BCUT2D eigenvalue weighted by Gasteiger charge is 2.18. The highest BCUT2D eigenvalue weighted by Crippen LogP contribution is 2.15. The lowest BCUT2D eigenvalue weighted by Gasteiger charge is -2.19. The first-order valence-electron chi connectivity index (χ1n) is 6.87. The van der Waals surface area contributed by atoms with Gasteiger partial charge in [0.1, 0.15) is 16.0 Å². The van der Waals surface area contributed by atoms with E-state index in [9.17, 15) is 4.79 Å². The fourth-order valence-corrected chi connectivity index (χ4v) is 3.18. The monoisotopic (exact) mass is 410 g/mol. The number of ether oxygens (including phenoxy) is 2. The molecule has 0 radical (unpaired) electrons. The number of hydrogen-bond donors (Lipinski definition) is 0. The van der Waals surface area contributed by atoms with E-state index < -0.39 is 8.07 Å². The van der Waals surface area contributed by atoms with Gasteiger partial charge in [0.15, 0.2) is 0 Å². The highest BCUT2D eigenvalue weighted by atomic mass is 127. The van der Waals surface area contributed by atoms with Gasteiger partial charge in [-0.15, -0.1) is 0 Å². The van der Waals surface area contributed by atoms with Crippen molar-refractivity contribution in [2.75, 3.05) is 13.2 Å². The molecule has 1 heterocycles. The molecule has 0 N–H and O–H groups in total. The van der Waals surface area contributed by atoms with E-state index in [2.05, 4.69) is 25.1 Å². The maximum atomic E-state index is 11.7. The maximum Gasteiger partial charge on any atom is 0.342 e. The molecule has 0 aromatic carbocycles. The fraction of sp³-hybridized carbons (Fsp3) is 0.692. The number of carbonyl (C=O) groups excluding carboxylic acids is 1. The molecule has 0 spiro atoms. The molecule has 0 saturated carbocycles. The lowest BCUT2D eigenvalue weighted by molar-refractivity contribution is 0.0524. The average molecular weight is 410 g/mol. The van der Waals surface area contributed by atoms with E-state index in [0.717, 1.165) is 12.7 Å². The standard InChI is InChI=1S/C13H23IN2O3Si/c1-5-19-13(17)11-9-16(15-12(11)14)10-18-7-8-20(3,4)6-2/h9H,5-8,10H2,1-4H3. The fourth-order valence-electron chi connectivity index (χ4n) is 1.49. The number of halogens is 1. The zero-order valence-electron chi connectivity index (χ0n) is 12.6. The van der Waals surface area contributed by atoms with E-state index >= 15 is 0 Å². The van der Waals surface area contributed by atoms with Gasteiger partial charge in [-0.2, -0.15) is 5.10 Å². The van der Waals surface area contributed by atoms with Crippen LogP contribution in [0.15, 0.2) is 6.20 Å². The van der Waals surface area contributed by atoms with Gasteiger partial charge >= 0.3 is 5.97 Å². The van der Waals surface area contributed by atoms with Crippen LogP contribution < -0.4 is 0 Å². The molecule has 0 aliphatic rings. The molecule has 114 valence electrons. The summed E-state index contributed by atoms with van der Waals surface area (Å²) in [5.74, 6) is -0.331. The van der Waals surface area contributed by atoms with E-state index in [0.29, 0.717) is 22.6 Å². The van der Waals surface area contributed by atoms with E-state index in [1.807, 2.05) is 22.6 Å². The number of hydrogen-bond acceptors (Lipinski definition) is 4. The van der Waals surface area contributed by atoms with Crippen LogP contribution in [-0.2, 0) is 16.2 Å². The van der Waals surface area contributed by atoms with Crippen molar-refractivity contribution >= 4 is 36.6 Å². The third-order valence-electron chi connectivity index (χ3n) is 3.32. The topological polar surface area (TPSA) is 53.4 Å². The Morgan fingerprint density at radius 1 is 1.45 bits per heavy atom. The minimum Gasteiger partial charge on any atom is -0.462 e. The minimum absolute atomic E-state index is 0.331. The van der Waals surface area contributed by atoms with Gasteiger partial charge in [0.25, 0.3) is 0 Å². The number of aromatic nitrogens is 2. The van der Waals surface area contributed by atoms with Crippen molar-refractivity contribution in [3.05, 3.63) is 15.5 Å². The first-order chi connectivity index (χ1) is 9.39. The molecule has 0 amide bonds. The van der Waals surface area contributed by atoms with E-state index in [1.54, 1.807) is 17.8 Å². The second-order valence-corrected chi connectivity index (χ2v) is 12.0. The molecule has 0 atom stereocenters. The summed E-state index contributed by atoms with van der Waals surface area (Å²) in [4.78, 5) is 11.7. The van der Waals surface area contributed by atoms with Gasteiger partial charge < -0.3 is 9.47 Å². The Kier molecular flexibility index (Phi) is 7.17. The lowest BCUT2D eigenvalue weighted by atomic mass is 10.4. The predicted molar refractivity (Wildman–Crippen MR) is 89.6 cm³/mol. The molecule has 0 saturated heterocycles. The zero-order chi connectivity index (χ0) is 15.2. The quantitative estimate of drug-likeness (QED) is 0.286. The van der Waals surface area contributed by atoms with Gasteiger partial charge in [-0.3, -0.25) is 0 Å². The summed E-state index contributed by atoms with van der Waals surface area (Å²) in [6.45, 7) is 10.3. The summed E-state index contributed by atoms with van der Waals surface area (Å²) >= 11 is 2.03. The molecule has 0 aliphatic carbocycles. The van der Waals surface area contributed by atoms with Crippen LogP contribution in [0.3, 0.4) is 0 Å². The van der Waals surface area contributed by atoms with Gasteiger partial charge in [-0.25, -0.2) is 9.48 Å². The normalized spacial score (nSPS) is 11.7. The predicted octanol–water partition coefficient (Wildman–Crippen LogP) is 3.37. The molecule has 20 heavy (non-hydrogen) atoms. The van der Waals surface area contributed by atoms with Crippen LogP contribution >= 0.6 is 22.6 Å². The number of rotatable bonds is 8. The summed E-state index contributed by atoms with van der Waals surface area (Å²) in [6.07, 6.45) is 1.68. The SMILES string of the molecule is CCOC(=O)c1cn(COCC[Si](C)(C)CC)nc1I. The smallest absolute Gasteiger partial charge is 0.342 e. The number of nitrogens with zero attached hydrogens (tertiary/aromatic N) is 2. The molecule has 5 nitrogen and oxygen atoms in total. The second-order valence-electron chi connectivity index (χ2n) is 5.40. The zero-order valence-corrected chi connectivity index (χ0v) is 15.8. The second kappa shape index (κ2) is 8.13. The summed E-state index contributed by atoms with van der Waals surface area (Å²) in [6, 6.07) is 2.41. The van der Waals surface area contributed by atoms with Crippen molar-refractivity contribution in [1.82, 2.24) is 9.78 Å². The summed E-state index contributed by atoms with van der Waals surface area (Å²) in [5.41, 5.74) is 0.499. The Morgan fingerprint density at radius 3 is 2.75 bits per heavy atom. The van der Waals surface area contributed by atoms with Gasteiger partial charge in [-0.05, 0) is 35.6 Å². The van der Waals surface area contributed by atoms with Crippen LogP contribution in [-0.4, -0.2) is 37.0 Å². The third kappa shape index (κ3) is 5.53. The molecule has 7 heteroatoms. The maximum absolute atomic E-state index is 11.7. The van der Waals surface area contributed by atoms with Crippen LogP contribution in [0.4, 0.5) is 0 Å². The molecule has 0 bridgehead atoms. The van der Waals surface area contributed by atoms with Crippen molar-refractivity contribution in [1.29, 1.82) is 0 Å². The van der Waals surface area contributed by atoms with Crippen LogP contribution in [0.5, 0.6) is 0 Å². The molecule has 0 aliphatic heterocycles. The molecule has 1 aromatic rings. The van der Waals surface area contributed by atoms with Crippen molar-refractivity contribution < 1.29 is 14.3 Å². The first kappa shape index (κ1) is 17.6. The van der Waals surface area contributed by atoms with E-state index in [4.69, 9.17) is 9.47 Å². The Morgan fingerprint density at radius 2 is 2.15 bits per heavy atom. The lowest BCUT2D eigenvalue weighted by Crippen LogP contribution is -2.25. The van der Waals surface area contributed by atoms with Gasteiger partial charge in [0.2, 0.25) is 0 Å². The average Bonchev–Trinajstić information content (AvgIpc) is 2.76. The van der Waals surface area contributed by atoms with E-state index in [1.165, 1.54) is 6.04 Å². The molecular formula is C13H23IN2O3Si. The van der Waals surface area contributed by atoms with Crippen molar-refractivity contribution in [2.24, 2.45) is 0 Å². The summed E-state index contributed by atoms with van der Waals surface area (Å²) < 4.78 is 12.9. The summed E-state index contributed by atoms with van der Waals surface area (Å²) in [5, 5.41) is 4.26. The van der Waals surface area contributed by atoms with Gasteiger partial charge in [-0.1, -0.05) is 26.1 Å². The summed E-state index contributed by atoms with van der Waals surface area (Å²) in [7, 11) is -1.08. The number of carbonyl (C=O) groups is 1. The van der Waals surface area contributed by atoms with E-state index in [-0.39, 0.29) is 5.97 Å². The van der Waals surface area contributed by atoms with Gasteiger partial charge in [0.05, 0.1) is 6.61 Å². The van der Waals surface area contributed by atoms with Crippen LogP contribution in [0.1, 0.15) is 24.2 Å². The number of esters is 1. The Bertz CT molecular complexity index is 449. The Balaban J connectivity index is 2.46. The Labute approximate surface area is 135 Å². The molecular weight excluding hydrogens is 387 g/mol. The van der Waals surface area contributed by atoms with Gasteiger partial charge in [0, 0.05) is 20.9 Å². The minimum atomic E-state index is -1.08. The van der Waals surface area contributed by atoms with Crippen LogP contribution in [0.25, 0.3) is 0 Å². The molecule has 0 unspecified atom stereocenters. The molecule has 1 rings (SSSR count).